The Morgan fingerprint density at radius 2 is 1.92 bits per heavy atom. The zero-order valence-electron chi connectivity index (χ0n) is 14.6. The second kappa shape index (κ2) is 6.89. The standard InChI is InChI=1S/C20H21N3O2/c1-12(2)11-22-19(14-6-8-21-9-7-14)18-16-10-15(13(3)24)4-5-17(16)23-20(18)25/h4-10,12,23,25H,11H2,1-3H3. The number of fused-ring (bicyclic) bond motifs is 1. The predicted molar refractivity (Wildman–Crippen MR) is 99.5 cm³/mol. The maximum atomic E-state index is 11.8. The number of Topliss-reactive ketones (excluding diaryl/α,β-unsaturated/α-hetero) is 1. The highest BCUT2D eigenvalue weighted by Gasteiger charge is 2.19. The molecule has 5 nitrogen and oxygen atoms in total. The Hall–Kier alpha value is -2.95. The van der Waals surface area contributed by atoms with E-state index >= 15 is 0 Å². The predicted octanol–water partition coefficient (Wildman–Crippen LogP) is 3.96. The van der Waals surface area contributed by atoms with Gasteiger partial charge in [-0.15, -0.1) is 0 Å². The molecule has 0 aliphatic rings. The molecule has 0 aliphatic heterocycles. The van der Waals surface area contributed by atoms with Crippen LogP contribution in [0.25, 0.3) is 10.9 Å². The van der Waals surface area contributed by atoms with E-state index in [0.717, 1.165) is 16.5 Å². The lowest BCUT2D eigenvalue weighted by molar-refractivity contribution is 0.101. The number of aliphatic imine (C=N–C) groups is 1. The summed E-state index contributed by atoms with van der Waals surface area (Å²) >= 11 is 0. The van der Waals surface area contributed by atoms with Crippen molar-refractivity contribution in [3.63, 3.8) is 0 Å². The Kier molecular flexibility index (Phi) is 4.65. The number of aromatic amines is 1. The maximum Gasteiger partial charge on any atom is 0.199 e. The molecule has 0 aliphatic carbocycles. The molecule has 2 N–H and O–H groups in total. The number of aromatic hydroxyl groups is 1. The molecule has 25 heavy (non-hydrogen) atoms. The summed E-state index contributed by atoms with van der Waals surface area (Å²) in [6, 6.07) is 9.09. The molecular weight excluding hydrogens is 314 g/mol. The first-order valence-electron chi connectivity index (χ1n) is 8.28. The molecule has 2 heterocycles. The molecule has 128 valence electrons. The third-order valence-corrected chi connectivity index (χ3v) is 3.99. The van der Waals surface area contributed by atoms with Gasteiger partial charge in [0.2, 0.25) is 0 Å². The summed E-state index contributed by atoms with van der Waals surface area (Å²) in [5.74, 6) is 0.421. The van der Waals surface area contributed by atoms with Gasteiger partial charge in [-0.25, -0.2) is 0 Å². The number of rotatable bonds is 5. The SMILES string of the molecule is CC(=O)c1ccc2[nH]c(O)c(C(=NCC(C)C)c3ccncc3)c2c1. The van der Waals surface area contributed by atoms with E-state index in [9.17, 15) is 9.90 Å². The van der Waals surface area contributed by atoms with Crippen molar-refractivity contribution in [1.29, 1.82) is 0 Å². The van der Waals surface area contributed by atoms with Gasteiger partial charge in [0.1, 0.15) is 0 Å². The lowest BCUT2D eigenvalue weighted by Gasteiger charge is -2.09. The monoisotopic (exact) mass is 335 g/mol. The number of nitrogens with one attached hydrogen (secondary N) is 1. The lowest BCUT2D eigenvalue weighted by Crippen LogP contribution is -2.07. The molecule has 0 atom stereocenters. The topological polar surface area (TPSA) is 78.3 Å². The summed E-state index contributed by atoms with van der Waals surface area (Å²) in [6.45, 7) is 6.35. The van der Waals surface area contributed by atoms with Crippen molar-refractivity contribution in [2.24, 2.45) is 10.9 Å². The summed E-state index contributed by atoms with van der Waals surface area (Å²) < 4.78 is 0. The van der Waals surface area contributed by atoms with Crippen molar-refractivity contribution in [3.8, 4) is 5.88 Å². The zero-order chi connectivity index (χ0) is 18.0. The quantitative estimate of drug-likeness (QED) is 0.547. The Morgan fingerprint density at radius 1 is 1.20 bits per heavy atom. The van der Waals surface area contributed by atoms with Gasteiger partial charge in [-0.2, -0.15) is 0 Å². The van der Waals surface area contributed by atoms with E-state index in [-0.39, 0.29) is 11.7 Å². The number of benzene rings is 1. The van der Waals surface area contributed by atoms with Crippen molar-refractivity contribution in [2.45, 2.75) is 20.8 Å². The molecule has 5 heteroatoms. The summed E-state index contributed by atoms with van der Waals surface area (Å²) in [4.78, 5) is 23.5. The molecule has 0 spiro atoms. The minimum Gasteiger partial charge on any atom is -0.494 e. The fourth-order valence-corrected chi connectivity index (χ4v) is 2.73. The van der Waals surface area contributed by atoms with Gasteiger partial charge in [0.15, 0.2) is 11.7 Å². The van der Waals surface area contributed by atoms with Crippen LogP contribution in [-0.4, -0.2) is 33.1 Å². The molecule has 0 unspecified atom stereocenters. The first-order chi connectivity index (χ1) is 12.0. The molecule has 0 radical (unpaired) electrons. The third-order valence-electron chi connectivity index (χ3n) is 3.99. The van der Waals surface area contributed by atoms with Gasteiger partial charge in [-0.3, -0.25) is 14.8 Å². The number of H-pyrrole nitrogens is 1. The number of ketones is 1. The minimum atomic E-state index is -0.0156. The van der Waals surface area contributed by atoms with Crippen LogP contribution < -0.4 is 0 Å². The molecule has 1 aromatic carbocycles. The van der Waals surface area contributed by atoms with E-state index in [4.69, 9.17) is 4.99 Å². The highest BCUT2D eigenvalue weighted by molar-refractivity contribution is 6.21. The van der Waals surface area contributed by atoms with Gasteiger partial charge in [-0.05, 0) is 43.2 Å². The van der Waals surface area contributed by atoms with E-state index < -0.39 is 0 Å². The van der Waals surface area contributed by atoms with Crippen LogP contribution in [0, 0.1) is 5.92 Å². The van der Waals surface area contributed by atoms with E-state index in [2.05, 4.69) is 23.8 Å². The number of aromatic nitrogens is 2. The van der Waals surface area contributed by atoms with E-state index in [0.29, 0.717) is 29.3 Å². The Morgan fingerprint density at radius 3 is 2.56 bits per heavy atom. The Balaban J connectivity index is 2.25. The number of carbonyl (C=O) groups excluding carboxylic acids is 1. The van der Waals surface area contributed by atoms with Gasteiger partial charge in [-0.1, -0.05) is 13.8 Å². The maximum absolute atomic E-state index is 11.8. The second-order valence-corrected chi connectivity index (χ2v) is 6.48. The van der Waals surface area contributed by atoms with Crippen LogP contribution in [0.4, 0.5) is 0 Å². The van der Waals surface area contributed by atoms with Crippen LogP contribution in [0.3, 0.4) is 0 Å². The van der Waals surface area contributed by atoms with Crippen LogP contribution >= 0.6 is 0 Å². The molecule has 0 amide bonds. The number of carbonyl (C=O) groups is 1. The third kappa shape index (κ3) is 3.45. The van der Waals surface area contributed by atoms with Crippen molar-refractivity contribution in [1.82, 2.24) is 9.97 Å². The average molecular weight is 335 g/mol. The van der Waals surface area contributed by atoms with Gasteiger partial charge >= 0.3 is 0 Å². The molecule has 3 rings (SSSR count). The normalized spacial score (nSPS) is 12.1. The Bertz CT molecular complexity index is 940. The largest absolute Gasteiger partial charge is 0.494 e. The highest BCUT2D eigenvalue weighted by Crippen LogP contribution is 2.31. The first-order valence-corrected chi connectivity index (χ1v) is 8.28. The minimum absolute atomic E-state index is 0.0156. The summed E-state index contributed by atoms with van der Waals surface area (Å²) in [6.07, 6.45) is 3.40. The van der Waals surface area contributed by atoms with Gasteiger partial charge in [0, 0.05) is 41.0 Å². The molecule has 0 saturated carbocycles. The fourth-order valence-electron chi connectivity index (χ4n) is 2.73. The van der Waals surface area contributed by atoms with Gasteiger partial charge in [0.25, 0.3) is 0 Å². The average Bonchev–Trinajstić information content (AvgIpc) is 2.91. The molecule has 0 saturated heterocycles. The second-order valence-electron chi connectivity index (χ2n) is 6.48. The molecular formula is C20H21N3O2. The van der Waals surface area contributed by atoms with E-state index in [1.54, 1.807) is 24.5 Å². The molecule has 3 aromatic rings. The van der Waals surface area contributed by atoms with Crippen LogP contribution in [-0.2, 0) is 0 Å². The van der Waals surface area contributed by atoms with Crippen LogP contribution in [0.2, 0.25) is 0 Å². The van der Waals surface area contributed by atoms with Crippen molar-refractivity contribution >= 4 is 22.4 Å². The highest BCUT2D eigenvalue weighted by atomic mass is 16.3. The number of hydrogen-bond donors (Lipinski definition) is 2. The van der Waals surface area contributed by atoms with Crippen molar-refractivity contribution < 1.29 is 9.90 Å². The number of nitrogens with zero attached hydrogens (tertiary/aromatic N) is 2. The molecule has 2 aromatic heterocycles. The zero-order valence-corrected chi connectivity index (χ0v) is 14.6. The van der Waals surface area contributed by atoms with Crippen molar-refractivity contribution in [3.05, 3.63) is 59.4 Å². The van der Waals surface area contributed by atoms with Gasteiger partial charge in [0.05, 0.1) is 11.3 Å². The van der Waals surface area contributed by atoms with Crippen LogP contribution in [0.1, 0.15) is 42.3 Å². The van der Waals surface area contributed by atoms with Gasteiger partial charge < -0.3 is 10.1 Å². The summed E-state index contributed by atoms with van der Waals surface area (Å²) in [5, 5.41) is 11.3. The van der Waals surface area contributed by atoms with Crippen LogP contribution in [0.5, 0.6) is 5.88 Å². The molecule has 0 bridgehead atoms. The lowest BCUT2D eigenvalue weighted by atomic mass is 9.99. The van der Waals surface area contributed by atoms with Crippen LogP contribution in [0.15, 0.2) is 47.7 Å². The number of pyridine rings is 1. The summed E-state index contributed by atoms with van der Waals surface area (Å²) in [5.41, 5.74) is 3.56. The smallest absolute Gasteiger partial charge is 0.199 e. The first kappa shape index (κ1) is 16.9. The number of hydrogen-bond acceptors (Lipinski definition) is 4. The van der Waals surface area contributed by atoms with Crippen molar-refractivity contribution in [2.75, 3.05) is 6.54 Å². The Labute approximate surface area is 146 Å². The van der Waals surface area contributed by atoms with E-state index in [1.165, 1.54) is 6.92 Å². The van der Waals surface area contributed by atoms with E-state index in [1.807, 2.05) is 18.2 Å². The summed E-state index contributed by atoms with van der Waals surface area (Å²) in [7, 11) is 0. The fraction of sp³-hybridized carbons (Fsp3) is 0.250. The molecule has 0 fully saturated rings.